The standard InChI is InChI=1S/C25H20Cl3F9N2O2/c1-12(38-20(40)3-2-8-23(29,30)31)39-22(41)15-6-4-13(9-17(15)25(35,36)37)5-7-16(24(32,33)34)14-10-18(26)21(28)19(27)11-14/h4-7,9-12,16H,2-3,8H2,1H3,(H,38,40)(H,39,41)/t12-,16?/m1/s1. The van der Waals surface area contributed by atoms with Crippen LogP contribution in [0.4, 0.5) is 39.5 Å². The van der Waals surface area contributed by atoms with Crippen molar-refractivity contribution in [1.29, 1.82) is 0 Å². The van der Waals surface area contributed by atoms with E-state index in [0.717, 1.165) is 30.3 Å². The van der Waals surface area contributed by atoms with Crippen LogP contribution in [0.2, 0.25) is 15.1 Å². The Kier molecular flexibility index (Phi) is 11.4. The van der Waals surface area contributed by atoms with Crippen molar-refractivity contribution >= 4 is 52.7 Å². The van der Waals surface area contributed by atoms with Crippen LogP contribution in [-0.2, 0) is 11.0 Å². The van der Waals surface area contributed by atoms with Gasteiger partial charge in [-0.25, -0.2) is 0 Å². The molecule has 0 spiro atoms. The molecule has 0 saturated heterocycles. The number of hydrogen-bond acceptors (Lipinski definition) is 2. The quantitative estimate of drug-likeness (QED) is 0.161. The predicted octanol–water partition coefficient (Wildman–Crippen LogP) is 8.95. The smallest absolute Gasteiger partial charge is 0.336 e. The van der Waals surface area contributed by atoms with Crippen LogP contribution in [0, 0.1) is 0 Å². The van der Waals surface area contributed by atoms with Gasteiger partial charge in [0, 0.05) is 12.8 Å². The molecule has 0 fully saturated rings. The molecule has 0 radical (unpaired) electrons. The molecule has 2 amide bonds. The number of halogens is 12. The average Bonchev–Trinajstić information content (AvgIpc) is 2.80. The third kappa shape index (κ3) is 10.6. The van der Waals surface area contributed by atoms with Gasteiger partial charge < -0.3 is 10.6 Å². The highest BCUT2D eigenvalue weighted by Gasteiger charge is 2.40. The molecule has 0 aromatic heterocycles. The van der Waals surface area contributed by atoms with E-state index in [9.17, 15) is 49.1 Å². The molecule has 2 aromatic carbocycles. The highest BCUT2D eigenvalue weighted by molar-refractivity contribution is 6.48. The first-order valence-corrected chi connectivity index (χ1v) is 12.6. The topological polar surface area (TPSA) is 58.2 Å². The van der Waals surface area contributed by atoms with Gasteiger partial charge in [0.15, 0.2) is 0 Å². The molecule has 2 rings (SSSR count). The van der Waals surface area contributed by atoms with Crippen LogP contribution in [0.3, 0.4) is 0 Å². The molecule has 2 atom stereocenters. The van der Waals surface area contributed by atoms with Crippen molar-refractivity contribution in [2.24, 2.45) is 0 Å². The molecular formula is C25H20Cl3F9N2O2. The van der Waals surface area contributed by atoms with E-state index in [4.69, 9.17) is 34.8 Å². The molecule has 0 heterocycles. The zero-order chi connectivity index (χ0) is 31.3. The van der Waals surface area contributed by atoms with Crippen molar-refractivity contribution in [3.05, 3.63) is 73.7 Å². The SMILES string of the molecule is C[C@H](NC(=O)CCCC(F)(F)F)NC(=O)c1ccc(C=CC(c2cc(Cl)c(Cl)c(Cl)c2)C(F)(F)F)cc1C(F)(F)F. The number of carbonyl (C=O) groups excluding carboxylic acids is 2. The summed E-state index contributed by atoms with van der Waals surface area (Å²) in [4.78, 5) is 24.3. The van der Waals surface area contributed by atoms with E-state index in [-0.39, 0.29) is 20.6 Å². The van der Waals surface area contributed by atoms with Gasteiger partial charge >= 0.3 is 18.5 Å². The zero-order valence-electron chi connectivity index (χ0n) is 20.7. The van der Waals surface area contributed by atoms with Gasteiger partial charge in [0.1, 0.15) is 0 Å². The fourth-order valence-electron chi connectivity index (χ4n) is 3.54. The summed E-state index contributed by atoms with van der Waals surface area (Å²) >= 11 is 17.4. The number of carbonyl (C=O) groups is 2. The maximum Gasteiger partial charge on any atom is 0.417 e. The third-order valence-corrected chi connectivity index (χ3v) is 6.58. The third-order valence-electron chi connectivity index (χ3n) is 5.38. The molecule has 1 unspecified atom stereocenters. The van der Waals surface area contributed by atoms with Crippen molar-refractivity contribution in [2.45, 2.75) is 56.8 Å². The summed E-state index contributed by atoms with van der Waals surface area (Å²) in [5.41, 5.74) is -3.15. The van der Waals surface area contributed by atoms with Gasteiger partial charge in [0.25, 0.3) is 5.91 Å². The van der Waals surface area contributed by atoms with E-state index < -0.39 is 78.4 Å². The number of nitrogens with one attached hydrogen (secondary N) is 2. The van der Waals surface area contributed by atoms with Crippen molar-refractivity contribution in [1.82, 2.24) is 10.6 Å². The largest absolute Gasteiger partial charge is 0.417 e. The average molecular weight is 658 g/mol. The Balaban J connectivity index is 2.27. The summed E-state index contributed by atoms with van der Waals surface area (Å²) in [7, 11) is 0. The number of allylic oxidation sites excluding steroid dienone is 1. The molecule has 41 heavy (non-hydrogen) atoms. The van der Waals surface area contributed by atoms with E-state index in [1.807, 2.05) is 0 Å². The maximum atomic E-state index is 13.8. The minimum absolute atomic E-state index is 0.180. The predicted molar refractivity (Wildman–Crippen MR) is 136 cm³/mol. The fourth-order valence-corrected chi connectivity index (χ4v) is 4.16. The van der Waals surface area contributed by atoms with Crippen LogP contribution in [0.1, 0.15) is 59.2 Å². The Labute approximate surface area is 242 Å². The second-order valence-corrected chi connectivity index (χ2v) is 9.90. The van der Waals surface area contributed by atoms with Gasteiger partial charge in [-0.05, 0) is 48.7 Å². The first-order chi connectivity index (χ1) is 18.7. The van der Waals surface area contributed by atoms with Crippen molar-refractivity contribution in [2.75, 3.05) is 0 Å². The number of rotatable bonds is 9. The second kappa shape index (κ2) is 13.6. The molecule has 0 aliphatic heterocycles. The number of benzene rings is 2. The summed E-state index contributed by atoms with van der Waals surface area (Å²) in [6.45, 7) is 1.18. The minimum Gasteiger partial charge on any atom is -0.336 e. The molecule has 0 bridgehead atoms. The molecule has 0 saturated carbocycles. The molecule has 0 aliphatic carbocycles. The van der Waals surface area contributed by atoms with Gasteiger partial charge in [-0.2, -0.15) is 39.5 Å². The van der Waals surface area contributed by atoms with Crippen molar-refractivity contribution in [3.63, 3.8) is 0 Å². The summed E-state index contributed by atoms with van der Waals surface area (Å²) in [6, 6.07) is 4.00. The minimum atomic E-state index is -5.11. The summed E-state index contributed by atoms with van der Waals surface area (Å²) in [5.74, 6) is -4.50. The van der Waals surface area contributed by atoms with Gasteiger partial charge in [-0.1, -0.05) is 53.0 Å². The Morgan fingerprint density at radius 2 is 1.49 bits per heavy atom. The summed E-state index contributed by atoms with van der Waals surface area (Å²) in [5, 5.41) is 3.51. The monoisotopic (exact) mass is 656 g/mol. The van der Waals surface area contributed by atoms with Crippen LogP contribution >= 0.6 is 34.8 Å². The van der Waals surface area contributed by atoms with E-state index >= 15 is 0 Å². The Bertz CT molecular complexity index is 1270. The second-order valence-electron chi connectivity index (χ2n) is 8.71. The van der Waals surface area contributed by atoms with Gasteiger partial charge in [-0.3, -0.25) is 9.59 Å². The lowest BCUT2D eigenvalue weighted by Crippen LogP contribution is -2.46. The van der Waals surface area contributed by atoms with Crippen LogP contribution in [-0.4, -0.2) is 30.3 Å². The van der Waals surface area contributed by atoms with Crippen LogP contribution in [0.15, 0.2) is 36.4 Å². The Morgan fingerprint density at radius 3 is 2.00 bits per heavy atom. The van der Waals surface area contributed by atoms with Crippen molar-refractivity contribution in [3.8, 4) is 0 Å². The highest BCUT2D eigenvalue weighted by Crippen LogP contribution is 2.41. The molecule has 2 N–H and O–H groups in total. The highest BCUT2D eigenvalue weighted by atomic mass is 35.5. The van der Waals surface area contributed by atoms with Gasteiger partial charge in [0.05, 0.1) is 38.3 Å². The number of hydrogen-bond donors (Lipinski definition) is 2. The Morgan fingerprint density at radius 1 is 0.902 bits per heavy atom. The molecular weight excluding hydrogens is 638 g/mol. The maximum absolute atomic E-state index is 13.8. The van der Waals surface area contributed by atoms with Crippen molar-refractivity contribution < 1.29 is 49.1 Å². The molecule has 2 aromatic rings. The summed E-state index contributed by atoms with van der Waals surface area (Å²) < 4.78 is 119. The fraction of sp³-hybridized carbons (Fsp3) is 0.360. The Hall–Kier alpha value is -2.64. The first kappa shape index (κ1) is 34.6. The summed E-state index contributed by atoms with van der Waals surface area (Å²) in [6.07, 6.45) is -16.7. The van der Waals surface area contributed by atoms with Crippen LogP contribution in [0.25, 0.3) is 6.08 Å². The lowest BCUT2D eigenvalue weighted by molar-refractivity contribution is -0.140. The van der Waals surface area contributed by atoms with E-state index in [0.29, 0.717) is 12.1 Å². The molecule has 16 heteroatoms. The number of alkyl halides is 9. The molecule has 4 nitrogen and oxygen atoms in total. The van der Waals surface area contributed by atoms with Crippen LogP contribution in [0.5, 0.6) is 0 Å². The van der Waals surface area contributed by atoms with E-state index in [1.54, 1.807) is 0 Å². The molecule has 0 aliphatic rings. The van der Waals surface area contributed by atoms with Crippen LogP contribution < -0.4 is 10.6 Å². The van der Waals surface area contributed by atoms with E-state index in [1.165, 1.54) is 6.92 Å². The number of amides is 2. The van der Waals surface area contributed by atoms with E-state index in [2.05, 4.69) is 10.6 Å². The molecule has 226 valence electrons. The van der Waals surface area contributed by atoms with Gasteiger partial charge in [0.2, 0.25) is 5.91 Å². The lowest BCUT2D eigenvalue weighted by Gasteiger charge is -2.19. The lowest BCUT2D eigenvalue weighted by atomic mass is 9.96. The first-order valence-electron chi connectivity index (χ1n) is 11.5. The normalized spacial score (nSPS) is 14.2. The van der Waals surface area contributed by atoms with Gasteiger partial charge in [-0.15, -0.1) is 0 Å². The zero-order valence-corrected chi connectivity index (χ0v) is 22.9.